The first kappa shape index (κ1) is 9.44. The Morgan fingerprint density at radius 1 is 1.54 bits per heavy atom. The first-order valence-corrected chi connectivity index (χ1v) is 5.27. The van der Waals surface area contributed by atoms with E-state index in [1.807, 2.05) is 0 Å². The molecule has 3 heteroatoms. The summed E-state index contributed by atoms with van der Waals surface area (Å²) in [6.45, 7) is 4.55. The zero-order valence-electron chi connectivity index (χ0n) is 8.25. The number of rotatable bonds is 1. The van der Waals surface area contributed by atoms with Crippen molar-refractivity contribution in [1.82, 2.24) is 5.32 Å². The highest BCUT2D eigenvalue weighted by Crippen LogP contribution is 2.33. The third kappa shape index (κ3) is 1.60. The average Bonchev–Trinajstić information content (AvgIpc) is 2.63. The molecular weight excluding hydrogens is 166 g/mol. The molecule has 0 amide bonds. The van der Waals surface area contributed by atoms with Gasteiger partial charge in [-0.25, -0.2) is 0 Å². The van der Waals surface area contributed by atoms with E-state index in [2.05, 4.69) is 12.2 Å². The molecule has 0 aliphatic carbocycles. The number of ether oxygens (including phenoxy) is 1. The minimum absolute atomic E-state index is 0.261. The fraction of sp³-hybridized carbons (Fsp3) is 1.00. The smallest absolute Gasteiger partial charge is 0.0869 e. The maximum absolute atomic E-state index is 10.5. The van der Waals surface area contributed by atoms with Crippen molar-refractivity contribution in [2.24, 2.45) is 5.92 Å². The zero-order chi connectivity index (χ0) is 9.31. The number of hydrogen-bond donors (Lipinski definition) is 2. The van der Waals surface area contributed by atoms with Crippen LogP contribution in [0.1, 0.15) is 26.2 Å². The van der Waals surface area contributed by atoms with E-state index < -0.39 is 5.60 Å². The highest BCUT2D eigenvalue weighted by molar-refractivity contribution is 4.99. The molecule has 0 radical (unpaired) electrons. The van der Waals surface area contributed by atoms with Gasteiger partial charge in [-0.3, -0.25) is 0 Å². The molecule has 2 N–H and O–H groups in total. The van der Waals surface area contributed by atoms with Gasteiger partial charge < -0.3 is 15.2 Å². The Balaban J connectivity index is 2.06. The van der Waals surface area contributed by atoms with E-state index in [0.717, 1.165) is 19.4 Å². The Labute approximate surface area is 79.5 Å². The summed E-state index contributed by atoms with van der Waals surface area (Å²) in [5, 5.41) is 13.9. The van der Waals surface area contributed by atoms with Crippen molar-refractivity contribution in [3.63, 3.8) is 0 Å². The topological polar surface area (TPSA) is 41.5 Å². The molecule has 3 nitrogen and oxygen atoms in total. The molecule has 0 bridgehead atoms. The summed E-state index contributed by atoms with van der Waals surface area (Å²) in [6.07, 6.45) is 3.09. The molecule has 0 aromatic rings. The zero-order valence-corrected chi connectivity index (χ0v) is 8.25. The second kappa shape index (κ2) is 3.56. The predicted molar refractivity (Wildman–Crippen MR) is 50.6 cm³/mol. The van der Waals surface area contributed by atoms with Crippen molar-refractivity contribution in [2.45, 2.75) is 37.8 Å². The number of aliphatic hydroxyl groups is 1. The highest BCUT2D eigenvalue weighted by atomic mass is 16.5. The fourth-order valence-electron chi connectivity index (χ4n) is 2.52. The van der Waals surface area contributed by atoms with Gasteiger partial charge in [-0.05, 0) is 19.4 Å². The summed E-state index contributed by atoms with van der Waals surface area (Å²) < 4.78 is 5.35. The van der Waals surface area contributed by atoms with E-state index in [-0.39, 0.29) is 5.92 Å². The molecule has 76 valence electrons. The summed E-state index contributed by atoms with van der Waals surface area (Å²) >= 11 is 0. The molecular formula is C10H19NO2. The fourth-order valence-corrected chi connectivity index (χ4v) is 2.52. The summed E-state index contributed by atoms with van der Waals surface area (Å²) in [5.74, 6) is 0.261. The van der Waals surface area contributed by atoms with E-state index in [0.29, 0.717) is 19.3 Å². The van der Waals surface area contributed by atoms with Gasteiger partial charge in [-0.2, -0.15) is 0 Å². The second-order valence-electron chi connectivity index (χ2n) is 4.37. The van der Waals surface area contributed by atoms with Gasteiger partial charge in [-0.15, -0.1) is 0 Å². The molecule has 2 fully saturated rings. The van der Waals surface area contributed by atoms with Crippen LogP contribution in [0.25, 0.3) is 0 Å². The summed E-state index contributed by atoms with van der Waals surface area (Å²) in [7, 11) is 0. The summed E-state index contributed by atoms with van der Waals surface area (Å²) in [5.41, 5.74) is -0.519. The lowest BCUT2D eigenvalue weighted by atomic mass is 9.78. The van der Waals surface area contributed by atoms with Crippen molar-refractivity contribution in [1.29, 1.82) is 0 Å². The van der Waals surface area contributed by atoms with Crippen molar-refractivity contribution >= 4 is 0 Å². The summed E-state index contributed by atoms with van der Waals surface area (Å²) in [6, 6.07) is 0.298. The largest absolute Gasteiger partial charge is 0.388 e. The molecule has 0 aromatic carbocycles. The lowest BCUT2D eigenvalue weighted by Gasteiger charge is -2.42. The maximum Gasteiger partial charge on any atom is 0.0869 e. The van der Waals surface area contributed by atoms with Crippen LogP contribution in [0, 0.1) is 5.92 Å². The molecule has 2 aliphatic heterocycles. The van der Waals surface area contributed by atoms with Crippen LogP contribution in [0.15, 0.2) is 0 Å². The van der Waals surface area contributed by atoms with Gasteiger partial charge in [0.15, 0.2) is 0 Å². The third-order valence-corrected chi connectivity index (χ3v) is 3.53. The Kier molecular flexibility index (Phi) is 2.58. The average molecular weight is 185 g/mol. The molecule has 2 rings (SSSR count). The van der Waals surface area contributed by atoms with Crippen LogP contribution in [-0.2, 0) is 4.74 Å². The second-order valence-corrected chi connectivity index (χ2v) is 4.37. The molecule has 0 spiro atoms. The third-order valence-electron chi connectivity index (χ3n) is 3.53. The lowest BCUT2D eigenvalue weighted by Crippen LogP contribution is -2.56. The SMILES string of the molecule is CC1COCCC1(O)C1CCCN1. The van der Waals surface area contributed by atoms with Crippen LogP contribution < -0.4 is 5.32 Å². The van der Waals surface area contributed by atoms with E-state index in [1.165, 1.54) is 6.42 Å². The first-order valence-electron chi connectivity index (χ1n) is 5.27. The number of nitrogens with one attached hydrogen (secondary N) is 1. The van der Waals surface area contributed by atoms with Crippen molar-refractivity contribution < 1.29 is 9.84 Å². The normalized spacial score (nSPS) is 46.6. The quantitative estimate of drug-likeness (QED) is 0.626. The molecule has 0 saturated carbocycles. The standard InChI is InChI=1S/C10H19NO2/c1-8-7-13-6-4-10(8,12)9-3-2-5-11-9/h8-9,11-12H,2-7H2,1H3. The Morgan fingerprint density at radius 2 is 2.38 bits per heavy atom. The Hall–Kier alpha value is -0.120. The van der Waals surface area contributed by atoms with Gasteiger partial charge in [0, 0.05) is 25.0 Å². The van der Waals surface area contributed by atoms with E-state index >= 15 is 0 Å². The van der Waals surface area contributed by atoms with Gasteiger partial charge in [0.25, 0.3) is 0 Å². The maximum atomic E-state index is 10.5. The monoisotopic (exact) mass is 185 g/mol. The molecule has 2 saturated heterocycles. The minimum Gasteiger partial charge on any atom is -0.388 e. The van der Waals surface area contributed by atoms with Gasteiger partial charge in [-0.1, -0.05) is 6.92 Å². The highest BCUT2D eigenvalue weighted by Gasteiger charge is 2.44. The van der Waals surface area contributed by atoms with Crippen molar-refractivity contribution in [3.05, 3.63) is 0 Å². The molecule has 3 atom stereocenters. The van der Waals surface area contributed by atoms with Crippen LogP contribution in [0.2, 0.25) is 0 Å². The van der Waals surface area contributed by atoms with Gasteiger partial charge in [0.1, 0.15) is 0 Å². The van der Waals surface area contributed by atoms with Crippen LogP contribution >= 0.6 is 0 Å². The molecule has 2 aliphatic rings. The first-order chi connectivity index (χ1) is 6.23. The number of hydrogen-bond acceptors (Lipinski definition) is 3. The molecule has 13 heavy (non-hydrogen) atoms. The van der Waals surface area contributed by atoms with Gasteiger partial charge in [0.2, 0.25) is 0 Å². The molecule has 3 unspecified atom stereocenters. The molecule has 0 aromatic heterocycles. The van der Waals surface area contributed by atoms with E-state index in [1.54, 1.807) is 0 Å². The predicted octanol–water partition coefficient (Wildman–Crippen LogP) is 0.526. The van der Waals surface area contributed by atoms with Crippen LogP contribution in [0.3, 0.4) is 0 Å². The van der Waals surface area contributed by atoms with Crippen LogP contribution in [0.5, 0.6) is 0 Å². The lowest BCUT2D eigenvalue weighted by molar-refractivity contribution is -0.122. The van der Waals surface area contributed by atoms with Crippen LogP contribution in [0.4, 0.5) is 0 Å². The van der Waals surface area contributed by atoms with E-state index in [4.69, 9.17) is 4.74 Å². The van der Waals surface area contributed by atoms with Crippen molar-refractivity contribution in [2.75, 3.05) is 19.8 Å². The Morgan fingerprint density at radius 3 is 3.00 bits per heavy atom. The van der Waals surface area contributed by atoms with Gasteiger partial charge >= 0.3 is 0 Å². The van der Waals surface area contributed by atoms with E-state index in [9.17, 15) is 5.11 Å². The Bertz CT molecular complexity index is 180. The summed E-state index contributed by atoms with van der Waals surface area (Å²) in [4.78, 5) is 0. The van der Waals surface area contributed by atoms with Crippen molar-refractivity contribution in [3.8, 4) is 0 Å². The molecule has 2 heterocycles. The van der Waals surface area contributed by atoms with Gasteiger partial charge in [0.05, 0.1) is 12.2 Å². The van der Waals surface area contributed by atoms with Crippen LogP contribution in [-0.4, -0.2) is 36.5 Å². The minimum atomic E-state index is -0.519.